The van der Waals surface area contributed by atoms with Crippen LogP contribution >= 0.6 is 0 Å². The molecule has 0 saturated heterocycles. The lowest BCUT2D eigenvalue weighted by molar-refractivity contribution is -0.127. The fourth-order valence-electron chi connectivity index (χ4n) is 1.39. The first-order valence-electron chi connectivity index (χ1n) is 5.57. The van der Waals surface area contributed by atoms with Crippen molar-refractivity contribution in [1.29, 1.82) is 0 Å². The average molecular weight is 251 g/mol. The van der Waals surface area contributed by atoms with Gasteiger partial charge in [0.05, 0.1) is 23.5 Å². The van der Waals surface area contributed by atoms with Crippen LogP contribution in [0.15, 0.2) is 18.2 Å². The van der Waals surface area contributed by atoms with Crippen molar-refractivity contribution in [2.45, 2.75) is 6.92 Å². The van der Waals surface area contributed by atoms with E-state index in [4.69, 9.17) is 10.8 Å². The van der Waals surface area contributed by atoms with Crippen molar-refractivity contribution in [3.05, 3.63) is 23.8 Å². The Labute approximate surface area is 105 Å². The zero-order valence-electron chi connectivity index (χ0n) is 10.4. The van der Waals surface area contributed by atoms with E-state index >= 15 is 0 Å². The molecule has 4 N–H and O–H groups in total. The van der Waals surface area contributed by atoms with Gasteiger partial charge in [-0.25, -0.2) is 4.79 Å². The Morgan fingerprint density at radius 2 is 2.11 bits per heavy atom. The van der Waals surface area contributed by atoms with Crippen LogP contribution < -0.4 is 11.1 Å². The van der Waals surface area contributed by atoms with Crippen LogP contribution in [0.25, 0.3) is 0 Å². The summed E-state index contributed by atoms with van der Waals surface area (Å²) in [6.07, 6.45) is 0. The van der Waals surface area contributed by atoms with Crippen LogP contribution in [0.1, 0.15) is 17.3 Å². The minimum absolute atomic E-state index is 0.0243. The van der Waals surface area contributed by atoms with Gasteiger partial charge in [-0.2, -0.15) is 0 Å². The molecule has 6 heteroatoms. The van der Waals surface area contributed by atoms with Crippen LogP contribution in [-0.4, -0.2) is 42.0 Å². The van der Waals surface area contributed by atoms with Crippen LogP contribution in [0.2, 0.25) is 0 Å². The first-order chi connectivity index (χ1) is 8.47. The number of nitrogens with one attached hydrogen (secondary N) is 1. The normalized spacial score (nSPS) is 9.89. The fraction of sp³-hybridized carbons (Fsp3) is 0.333. The third-order valence-corrected chi connectivity index (χ3v) is 2.67. The summed E-state index contributed by atoms with van der Waals surface area (Å²) in [5.41, 5.74) is 6.32. The lowest BCUT2D eigenvalue weighted by Crippen LogP contribution is -2.32. The number of hydrogen-bond acceptors (Lipinski definition) is 4. The van der Waals surface area contributed by atoms with E-state index in [-0.39, 0.29) is 23.7 Å². The van der Waals surface area contributed by atoms with Gasteiger partial charge in [0, 0.05) is 13.6 Å². The van der Waals surface area contributed by atoms with E-state index in [0.29, 0.717) is 12.2 Å². The van der Waals surface area contributed by atoms with Gasteiger partial charge in [0.2, 0.25) is 5.91 Å². The summed E-state index contributed by atoms with van der Waals surface area (Å²) in [6, 6.07) is 4.64. The number of nitrogens with two attached hydrogens (primary N) is 1. The maximum absolute atomic E-state index is 11.6. The number of para-hydroxylation sites is 1. The second kappa shape index (κ2) is 5.90. The van der Waals surface area contributed by atoms with E-state index in [1.807, 2.05) is 6.92 Å². The molecule has 0 aliphatic heterocycles. The van der Waals surface area contributed by atoms with Gasteiger partial charge in [-0.3, -0.25) is 4.79 Å². The molecule has 0 aliphatic carbocycles. The molecule has 18 heavy (non-hydrogen) atoms. The van der Waals surface area contributed by atoms with E-state index in [9.17, 15) is 9.59 Å². The number of aromatic carboxylic acids is 1. The lowest BCUT2D eigenvalue weighted by Gasteiger charge is -2.16. The molecule has 0 aromatic heterocycles. The number of amides is 1. The van der Waals surface area contributed by atoms with E-state index in [1.165, 1.54) is 6.07 Å². The lowest BCUT2D eigenvalue weighted by atomic mass is 10.1. The predicted octanol–water partition coefficient (Wildman–Crippen LogP) is 0.857. The number of carbonyl (C=O) groups is 2. The highest BCUT2D eigenvalue weighted by Crippen LogP contribution is 2.22. The summed E-state index contributed by atoms with van der Waals surface area (Å²) in [6.45, 7) is 2.57. The summed E-state index contributed by atoms with van der Waals surface area (Å²) in [5, 5.41) is 11.8. The van der Waals surface area contributed by atoms with Gasteiger partial charge in [-0.1, -0.05) is 6.07 Å². The molecule has 0 heterocycles. The Morgan fingerprint density at radius 1 is 1.44 bits per heavy atom. The summed E-state index contributed by atoms with van der Waals surface area (Å²) in [5.74, 6) is -1.18. The molecule has 0 bridgehead atoms. The number of anilines is 2. The Bertz CT molecular complexity index is 460. The molecular formula is C12H17N3O3. The molecule has 1 rings (SSSR count). The molecule has 98 valence electrons. The Morgan fingerprint density at radius 3 is 2.67 bits per heavy atom. The van der Waals surface area contributed by atoms with Crippen LogP contribution in [0.4, 0.5) is 11.4 Å². The molecule has 0 radical (unpaired) electrons. The van der Waals surface area contributed by atoms with Gasteiger partial charge in [0.15, 0.2) is 0 Å². The number of rotatable bonds is 5. The zero-order valence-corrected chi connectivity index (χ0v) is 10.4. The van der Waals surface area contributed by atoms with Crippen LogP contribution in [0, 0.1) is 0 Å². The van der Waals surface area contributed by atoms with Gasteiger partial charge in [0.1, 0.15) is 0 Å². The number of benzene rings is 1. The fourth-order valence-corrected chi connectivity index (χ4v) is 1.39. The number of hydrogen-bond donors (Lipinski definition) is 3. The molecule has 0 unspecified atom stereocenters. The molecule has 0 atom stereocenters. The second-order valence-corrected chi connectivity index (χ2v) is 3.83. The highest BCUT2D eigenvalue weighted by Gasteiger charge is 2.12. The quantitative estimate of drug-likeness (QED) is 0.674. The van der Waals surface area contributed by atoms with E-state index in [1.54, 1.807) is 24.1 Å². The number of nitrogen functional groups attached to an aromatic ring is 1. The van der Waals surface area contributed by atoms with E-state index in [2.05, 4.69) is 5.32 Å². The monoisotopic (exact) mass is 251 g/mol. The number of likely N-dealkylation sites (N-methyl/N-ethyl adjacent to an activating group) is 1. The third-order valence-electron chi connectivity index (χ3n) is 2.67. The highest BCUT2D eigenvalue weighted by molar-refractivity contribution is 5.97. The summed E-state index contributed by atoms with van der Waals surface area (Å²) in [4.78, 5) is 24.0. The van der Waals surface area contributed by atoms with Gasteiger partial charge < -0.3 is 21.1 Å². The van der Waals surface area contributed by atoms with Gasteiger partial charge in [-0.15, -0.1) is 0 Å². The topological polar surface area (TPSA) is 95.7 Å². The van der Waals surface area contributed by atoms with Crippen molar-refractivity contribution in [2.24, 2.45) is 0 Å². The molecule has 1 aromatic carbocycles. The van der Waals surface area contributed by atoms with Crippen LogP contribution in [-0.2, 0) is 4.79 Å². The Kier molecular flexibility index (Phi) is 4.53. The van der Waals surface area contributed by atoms with Crippen molar-refractivity contribution in [2.75, 3.05) is 31.2 Å². The number of carbonyl (C=O) groups excluding carboxylic acids is 1. The maximum atomic E-state index is 11.6. The second-order valence-electron chi connectivity index (χ2n) is 3.83. The van der Waals surface area contributed by atoms with Crippen molar-refractivity contribution in [3.8, 4) is 0 Å². The standard InChI is InChI=1S/C12H17N3O3/c1-3-15(2)10(16)7-14-9-6-4-5-8(11(9)13)12(17)18/h4-6,14H,3,7,13H2,1-2H3,(H,17,18). The third kappa shape index (κ3) is 3.13. The molecule has 0 fully saturated rings. The van der Waals surface area contributed by atoms with Crippen molar-refractivity contribution < 1.29 is 14.7 Å². The summed E-state index contributed by atoms with van der Waals surface area (Å²) in [7, 11) is 1.70. The van der Waals surface area contributed by atoms with Gasteiger partial charge >= 0.3 is 5.97 Å². The maximum Gasteiger partial charge on any atom is 0.337 e. The SMILES string of the molecule is CCN(C)C(=O)CNc1cccc(C(=O)O)c1N. The molecule has 0 spiro atoms. The summed E-state index contributed by atoms with van der Waals surface area (Å²) >= 11 is 0. The number of carboxylic acids is 1. The van der Waals surface area contributed by atoms with Crippen LogP contribution in [0.5, 0.6) is 0 Å². The molecule has 0 saturated carbocycles. The smallest absolute Gasteiger partial charge is 0.337 e. The molecule has 1 aromatic rings. The first-order valence-corrected chi connectivity index (χ1v) is 5.57. The largest absolute Gasteiger partial charge is 0.478 e. The Hall–Kier alpha value is -2.24. The minimum Gasteiger partial charge on any atom is -0.478 e. The highest BCUT2D eigenvalue weighted by atomic mass is 16.4. The molecule has 1 amide bonds. The van der Waals surface area contributed by atoms with Gasteiger partial charge in [-0.05, 0) is 19.1 Å². The van der Waals surface area contributed by atoms with E-state index < -0.39 is 5.97 Å². The minimum atomic E-state index is -1.09. The summed E-state index contributed by atoms with van der Waals surface area (Å²) < 4.78 is 0. The van der Waals surface area contributed by atoms with E-state index in [0.717, 1.165) is 0 Å². The number of nitrogens with zero attached hydrogens (tertiary/aromatic N) is 1. The first kappa shape index (κ1) is 13.8. The van der Waals surface area contributed by atoms with Gasteiger partial charge in [0.25, 0.3) is 0 Å². The molecule has 0 aliphatic rings. The Balaban J connectivity index is 2.77. The number of carboxylic acid groups (broad SMARTS) is 1. The van der Waals surface area contributed by atoms with Crippen LogP contribution in [0.3, 0.4) is 0 Å². The van der Waals surface area contributed by atoms with Crippen molar-refractivity contribution in [3.63, 3.8) is 0 Å². The molecular weight excluding hydrogens is 234 g/mol. The molecule has 6 nitrogen and oxygen atoms in total. The average Bonchev–Trinajstić information content (AvgIpc) is 2.35. The predicted molar refractivity (Wildman–Crippen MR) is 69.6 cm³/mol. The zero-order chi connectivity index (χ0) is 13.7. The van der Waals surface area contributed by atoms with Crippen molar-refractivity contribution in [1.82, 2.24) is 4.90 Å². The van der Waals surface area contributed by atoms with Crippen molar-refractivity contribution >= 4 is 23.3 Å².